The normalized spacial score (nSPS) is 11.8. The lowest BCUT2D eigenvalue weighted by atomic mass is 9.96. The molecule has 0 bridgehead atoms. The van der Waals surface area contributed by atoms with Crippen molar-refractivity contribution in [2.45, 2.75) is 46.1 Å². The van der Waals surface area contributed by atoms with Gasteiger partial charge in [-0.15, -0.1) is 0 Å². The second-order valence-corrected chi connectivity index (χ2v) is 4.94. The van der Waals surface area contributed by atoms with Crippen LogP contribution in [0.1, 0.15) is 49.9 Å². The average molecular weight is 293 g/mol. The Bertz CT molecular complexity index is 499. The molecule has 21 heavy (non-hydrogen) atoms. The average Bonchev–Trinajstić information content (AvgIpc) is 2.40. The zero-order valence-electron chi connectivity index (χ0n) is 12.8. The predicted molar refractivity (Wildman–Crippen MR) is 80.3 cm³/mol. The molecule has 0 heterocycles. The highest BCUT2D eigenvalue weighted by atomic mass is 16.5. The van der Waals surface area contributed by atoms with Gasteiger partial charge in [-0.05, 0) is 37.0 Å². The second-order valence-electron chi connectivity index (χ2n) is 4.94. The number of carboxylic acid groups (broad SMARTS) is 1. The van der Waals surface area contributed by atoms with Gasteiger partial charge in [-0.25, -0.2) is 4.79 Å². The van der Waals surface area contributed by atoms with Gasteiger partial charge in [0.15, 0.2) is 0 Å². The summed E-state index contributed by atoms with van der Waals surface area (Å²) in [6.07, 6.45) is 1.34. The van der Waals surface area contributed by atoms with E-state index in [-0.39, 0.29) is 12.5 Å². The van der Waals surface area contributed by atoms with Crippen molar-refractivity contribution in [3.8, 4) is 0 Å². The highest BCUT2D eigenvalue weighted by Gasteiger charge is 2.13. The highest BCUT2D eigenvalue weighted by Crippen LogP contribution is 2.20. The number of aryl methyl sites for hydroxylation is 1. The minimum atomic E-state index is -0.835. The molecule has 0 aliphatic carbocycles. The lowest BCUT2D eigenvalue weighted by Crippen LogP contribution is -2.27. The first-order valence-corrected chi connectivity index (χ1v) is 7.24. The fourth-order valence-corrected chi connectivity index (χ4v) is 2.19. The number of nitrogens with one attached hydrogen (secondary N) is 1. The first kappa shape index (κ1) is 17.0. The number of amides is 1. The minimum absolute atomic E-state index is 0.0231. The van der Waals surface area contributed by atoms with Crippen LogP contribution in [0.2, 0.25) is 0 Å². The molecule has 1 amide bonds. The Labute approximate surface area is 125 Å². The van der Waals surface area contributed by atoms with Crippen LogP contribution in [-0.2, 0) is 22.4 Å². The van der Waals surface area contributed by atoms with E-state index < -0.39 is 12.1 Å². The summed E-state index contributed by atoms with van der Waals surface area (Å²) in [5, 5.41) is 11.7. The standard InChI is InChI=1S/C16H23NO4/c1-4-6-13-9-12(7-8-14(13)10-15(18)19)11(3)17-16(20)21-5-2/h7-9,11H,4-6,10H2,1-3H3,(H,17,20)(H,18,19)/t11-/m0/s1. The molecule has 1 rings (SSSR count). The van der Waals surface area contributed by atoms with Gasteiger partial charge in [0.1, 0.15) is 0 Å². The number of hydrogen-bond donors (Lipinski definition) is 2. The molecule has 5 heteroatoms. The van der Waals surface area contributed by atoms with E-state index in [1.165, 1.54) is 0 Å². The third-order valence-corrected chi connectivity index (χ3v) is 3.20. The smallest absolute Gasteiger partial charge is 0.407 e. The van der Waals surface area contributed by atoms with Crippen LogP contribution in [0.5, 0.6) is 0 Å². The van der Waals surface area contributed by atoms with E-state index in [0.717, 1.165) is 29.5 Å². The number of benzene rings is 1. The van der Waals surface area contributed by atoms with Gasteiger partial charge in [-0.2, -0.15) is 0 Å². The largest absolute Gasteiger partial charge is 0.481 e. The van der Waals surface area contributed by atoms with E-state index >= 15 is 0 Å². The molecule has 2 N–H and O–H groups in total. The number of alkyl carbamates (subject to hydrolysis) is 1. The van der Waals surface area contributed by atoms with Crippen LogP contribution in [0, 0.1) is 0 Å². The number of carbonyl (C=O) groups excluding carboxylic acids is 1. The van der Waals surface area contributed by atoms with Crippen molar-refractivity contribution in [1.82, 2.24) is 5.32 Å². The molecular formula is C16H23NO4. The fourth-order valence-electron chi connectivity index (χ4n) is 2.19. The third-order valence-electron chi connectivity index (χ3n) is 3.20. The first-order chi connectivity index (χ1) is 9.97. The Kier molecular flexibility index (Phi) is 6.72. The lowest BCUT2D eigenvalue weighted by Gasteiger charge is -2.16. The van der Waals surface area contributed by atoms with Crippen LogP contribution in [0.3, 0.4) is 0 Å². The van der Waals surface area contributed by atoms with Crippen LogP contribution in [0.25, 0.3) is 0 Å². The van der Waals surface area contributed by atoms with Crippen molar-refractivity contribution >= 4 is 12.1 Å². The first-order valence-electron chi connectivity index (χ1n) is 7.24. The van der Waals surface area contributed by atoms with Crippen molar-refractivity contribution < 1.29 is 19.4 Å². The van der Waals surface area contributed by atoms with E-state index in [1.54, 1.807) is 6.92 Å². The SMILES string of the molecule is CCCc1cc([C@H](C)NC(=O)OCC)ccc1CC(=O)O. The van der Waals surface area contributed by atoms with Crippen molar-refractivity contribution in [2.75, 3.05) is 6.61 Å². The summed E-state index contributed by atoms with van der Waals surface area (Å²) < 4.78 is 4.86. The summed E-state index contributed by atoms with van der Waals surface area (Å²) in [7, 11) is 0. The summed E-state index contributed by atoms with van der Waals surface area (Å²) in [6, 6.07) is 5.48. The number of carboxylic acids is 1. The monoisotopic (exact) mass is 293 g/mol. The van der Waals surface area contributed by atoms with Crippen molar-refractivity contribution in [2.24, 2.45) is 0 Å². The number of hydrogen-bond acceptors (Lipinski definition) is 3. The zero-order chi connectivity index (χ0) is 15.8. The maximum atomic E-state index is 11.4. The summed E-state index contributed by atoms with van der Waals surface area (Å²) in [5.74, 6) is -0.835. The molecule has 0 aliphatic heterocycles. The van der Waals surface area contributed by atoms with E-state index in [4.69, 9.17) is 9.84 Å². The van der Waals surface area contributed by atoms with Gasteiger partial charge in [0.25, 0.3) is 0 Å². The number of rotatable bonds is 7. The molecule has 0 aromatic heterocycles. The quantitative estimate of drug-likeness (QED) is 0.810. The summed E-state index contributed by atoms with van der Waals surface area (Å²) in [6.45, 7) is 6.01. The predicted octanol–water partition coefficient (Wildman–Crippen LogP) is 3.07. The summed E-state index contributed by atoms with van der Waals surface area (Å²) in [4.78, 5) is 22.3. The highest BCUT2D eigenvalue weighted by molar-refractivity contribution is 5.71. The van der Waals surface area contributed by atoms with Crippen molar-refractivity contribution in [3.05, 3.63) is 34.9 Å². The lowest BCUT2D eigenvalue weighted by molar-refractivity contribution is -0.136. The molecule has 5 nitrogen and oxygen atoms in total. The molecule has 0 unspecified atom stereocenters. The molecule has 1 aromatic rings. The number of carbonyl (C=O) groups is 2. The molecule has 0 fully saturated rings. The van der Waals surface area contributed by atoms with E-state index in [1.807, 2.05) is 25.1 Å². The van der Waals surface area contributed by atoms with Gasteiger partial charge in [0.2, 0.25) is 0 Å². The molecule has 0 saturated heterocycles. The Hall–Kier alpha value is -2.04. The van der Waals surface area contributed by atoms with Crippen molar-refractivity contribution in [3.63, 3.8) is 0 Å². The molecular weight excluding hydrogens is 270 g/mol. The van der Waals surface area contributed by atoms with Gasteiger partial charge in [0.05, 0.1) is 19.1 Å². The van der Waals surface area contributed by atoms with Gasteiger partial charge in [-0.3, -0.25) is 4.79 Å². The van der Waals surface area contributed by atoms with E-state index in [2.05, 4.69) is 12.2 Å². The van der Waals surface area contributed by atoms with Crippen molar-refractivity contribution in [1.29, 1.82) is 0 Å². The van der Waals surface area contributed by atoms with Crippen LogP contribution in [0.4, 0.5) is 4.79 Å². The fraction of sp³-hybridized carbons (Fsp3) is 0.500. The molecule has 0 radical (unpaired) electrons. The molecule has 116 valence electrons. The summed E-state index contributed by atoms with van der Waals surface area (Å²) >= 11 is 0. The molecule has 0 spiro atoms. The Morgan fingerprint density at radius 3 is 2.57 bits per heavy atom. The van der Waals surface area contributed by atoms with Gasteiger partial charge < -0.3 is 15.2 Å². The summed E-state index contributed by atoms with van der Waals surface area (Å²) in [5.41, 5.74) is 2.80. The van der Waals surface area contributed by atoms with Crippen LogP contribution in [-0.4, -0.2) is 23.8 Å². The number of aliphatic carboxylic acids is 1. The topological polar surface area (TPSA) is 75.6 Å². The minimum Gasteiger partial charge on any atom is -0.481 e. The Morgan fingerprint density at radius 1 is 1.29 bits per heavy atom. The van der Waals surface area contributed by atoms with Gasteiger partial charge in [-0.1, -0.05) is 31.5 Å². The van der Waals surface area contributed by atoms with Crippen LogP contribution < -0.4 is 5.32 Å². The third kappa shape index (κ3) is 5.45. The van der Waals surface area contributed by atoms with Gasteiger partial charge >= 0.3 is 12.1 Å². The maximum absolute atomic E-state index is 11.4. The van der Waals surface area contributed by atoms with Crippen LogP contribution in [0.15, 0.2) is 18.2 Å². The number of ether oxygens (including phenoxy) is 1. The maximum Gasteiger partial charge on any atom is 0.407 e. The van der Waals surface area contributed by atoms with Crippen LogP contribution >= 0.6 is 0 Å². The molecule has 1 atom stereocenters. The Morgan fingerprint density at radius 2 is 2.00 bits per heavy atom. The van der Waals surface area contributed by atoms with E-state index in [0.29, 0.717) is 6.61 Å². The molecule has 1 aromatic carbocycles. The second kappa shape index (κ2) is 8.29. The van der Waals surface area contributed by atoms with E-state index in [9.17, 15) is 9.59 Å². The Balaban J connectivity index is 2.90. The molecule has 0 saturated carbocycles. The van der Waals surface area contributed by atoms with Gasteiger partial charge in [0, 0.05) is 0 Å². The molecule has 0 aliphatic rings. The zero-order valence-corrected chi connectivity index (χ0v) is 12.8.